The number of nitrogens with one attached hydrogen (secondary N) is 2. The van der Waals surface area contributed by atoms with Gasteiger partial charge in [0.2, 0.25) is 5.91 Å². The molecule has 0 saturated heterocycles. The van der Waals surface area contributed by atoms with Crippen LogP contribution in [0.2, 0.25) is 0 Å². The zero-order valence-electron chi connectivity index (χ0n) is 10.9. The van der Waals surface area contributed by atoms with E-state index in [1.165, 1.54) is 18.4 Å². The van der Waals surface area contributed by atoms with Crippen LogP contribution in [-0.2, 0) is 14.3 Å². The van der Waals surface area contributed by atoms with Crippen molar-refractivity contribution in [3.8, 4) is 0 Å². The van der Waals surface area contributed by atoms with Crippen LogP contribution in [0.3, 0.4) is 0 Å². The van der Waals surface area contributed by atoms with Crippen molar-refractivity contribution in [2.75, 3.05) is 20.2 Å². The molecular weight excluding hydrogens is 284 g/mol. The SMILES string of the molecule is COC(CNC(=O)CCNC(=O)c1ccsc1)C(=O)O. The first-order chi connectivity index (χ1) is 9.54. The third-order valence-corrected chi connectivity index (χ3v) is 3.15. The Kier molecular flexibility index (Phi) is 6.68. The summed E-state index contributed by atoms with van der Waals surface area (Å²) >= 11 is 1.41. The number of carbonyl (C=O) groups is 3. The molecule has 0 fully saturated rings. The number of carboxylic acids is 1. The molecule has 3 N–H and O–H groups in total. The number of thiophene rings is 1. The molecule has 1 aromatic heterocycles. The van der Waals surface area contributed by atoms with Gasteiger partial charge in [-0.15, -0.1) is 0 Å². The third kappa shape index (κ3) is 5.37. The van der Waals surface area contributed by atoms with Crippen molar-refractivity contribution in [3.63, 3.8) is 0 Å². The fourth-order valence-electron chi connectivity index (χ4n) is 1.35. The van der Waals surface area contributed by atoms with E-state index in [0.29, 0.717) is 5.56 Å². The van der Waals surface area contributed by atoms with Gasteiger partial charge in [0, 0.05) is 31.0 Å². The van der Waals surface area contributed by atoms with Crippen molar-refractivity contribution in [3.05, 3.63) is 22.4 Å². The highest BCUT2D eigenvalue weighted by Crippen LogP contribution is 2.04. The lowest BCUT2D eigenvalue weighted by molar-refractivity contribution is -0.148. The second kappa shape index (κ2) is 8.28. The first-order valence-corrected chi connectivity index (χ1v) is 6.81. The second-order valence-electron chi connectivity index (χ2n) is 3.88. The van der Waals surface area contributed by atoms with E-state index in [1.807, 2.05) is 0 Å². The Morgan fingerprint density at radius 2 is 2.15 bits per heavy atom. The number of hydrogen-bond donors (Lipinski definition) is 3. The number of carboxylic acid groups (broad SMARTS) is 1. The summed E-state index contributed by atoms with van der Waals surface area (Å²) in [4.78, 5) is 33.6. The molecule has 0 saturated carbocycles. The van der Waals surface area contributed by atoms with E-state index in [9.17, 15) is 14.4 Å². The minimum atomic E-state index is -1.14. The highest BCUT2D eigenvalue weighted by Gasteiger charge is 2.17. The van der Waals surface area contributed by atoms with Crippen molar-refractivity contribution in [2.24, 2.45) is 0 Å². The molecule has 0 radical (unpaired) electrons. The first-order valence-electron chi connectivity index (χ1n) is 5.87. The molecule has 0 bridgehead atoms. The molecule has 0 spiro atoms. The maximum atomic E-state index is 11.6. The molecule has 110 valence electrons. The predicted molar refractivity (Wildman–Crippen MR) is 72.7 cm³/mol. The molecule has 0 aromatic carbocycles. The van der Waals surface area contributed by atoms with Crippen molar-refractivity contribution >= 4 is 29.1 Å². The van der Waals surface area contributed by atoms with Crippen LogP contribution in [0, 0.1) is 0 Å². The summed E-state index contributed by atoms with van der Waals surface area (Å²) in [5.41, 5.74) is 0.556. The fraction of sp³-hybridized carbons (Fsp3) is 0.417. The van der Waals surface area contributed by atoms with E-state index >= 15 is 0 Å². The largest absolute Gasteiger partial charge is 0.479 e. The summed E-state index contributed by atoms with van der Waals surface area (Å²) < 4.78 is 4.67. The highest BCUT2D eigenvalue weighted by atomic mass is 32.1. The van der Waals surface area contributed by atoms with Gasteiger partial charge in [0.25, 0.3) is 5.91 Å². The molecule has 1 unspecified atom stereocenters. The molecule has 20 heavy (non-hydrogen) atoms. The first kappa shape index (κ1) is 16.1. The summed E-state index contributed by atoms with van der Waals surface area (Å²) in [6.45, 7) is 0.0778. The van der Waals surface area contributed by atoms with Crippen LogP contribution >= 0.6 is 11.3 Å². The summed E-state index contributed by atoms with van der Waals surface area (Å²) in [7, 11) is 1.26. The Balaban J connectivity index is 2.20. The second-order valence-corrected chi connectivity index (χ2v) is 4.66. The Morgan fingerprint density at radius 1 is 1.40 bits per heavy atom. The quantitative estimate of drug-likeness (QED) is 0.631. The maximum absolute atomic E-state index is 11.6. The van der Waals surface area contributed by atoms with Crippen molar-refractivity contribution in [2.45, 2.75) is 12.5 Å². The molecule has 8 heteroatoms. The van der Waals surface area contributed by atoms with E-state index in [2.05, 4.69) is 15.4 Å². The third-order valence-electron chi connectivity index (χ3n) is 2.47. The van der Waals surface area contributed by atoms with Gasteiger partial charge < -0.3 is 20.5 Å². The van der Waals surface area contributed by atoms with Crippen LogP contribution in [0.15, 0.2) is 16.8 Å². The number of carbonyl (C=O) groups excluding carboxylic acids is 2. The average molecular weight is 300 g/mol. The van der Waals surface area contributed by atoms with Crippen LogP contribution in [0.5, 0.6) is 0 Å². The molecule has 1 aromatic rings. The molecule has 7 nitrogen and oxygen atoms in total. The van der Waals surface area contributed by atoms with Crippen LogP contribution in [0.1, 0.15) is 16.8 Å². The maximum Gasteiger partial charge on any atom is 0.334 e. The number of methoxy groups -OCH3 is 1. The zero-order chi connectivity index (χ0) is 15.0. The lowest BCUT2D eigenvalue weighted by Gasteiger charge is -2.11. The molecule has 0 aliphatic rings. The molecule has 0 aliphatic heterocycles. The van der Waals surface area contributed by atoms with Crippen molar-refractivity contribution in [1.29, 1.82) is 0 Å². The summed E-state index contributed by atoms with van der Waals surface area (Å²) in [5, 5.41) is 17.2. The smallest absolute Gasteiger partial charge is 0.334 e. The molecular formula is C12H16N2O5S. The lowest BCUT2D eigenvalue weighted by Crippen LogP contribution is -2.39. The van der Waals surface area contributed by atoms with Gasteiger partial charge >= 0.3 is 5.97 Å². The average Bonchev–Trinajstić information content (AvgIpc) is 2.92. The van der Waals surface area contributed by atoms with Gasteiger partial charge in [0.1, 0.15) is 0 Å². The Hall–Kier alpha value is -1.93. The van der Waals surface area contributed by atoms with Gasteiger partial charge in [-0.05, 0) is 11.4 Å². The van der Waals surface area contributed by atoms with Crippen LogP contribution in [0.4, 0.5) is 0 Å². The van der Waals surface area contributed by atoms with E-state index in [1.54, 1.807) is 16.8 Å². The fourth-order valence-corrected chi connectivity index (χ4v) is 1.99. The van der Waals surface area contributed by atoms with E-state index in [0.717, 1.165) is 0 Å². The standard InChI is InChI=1S/C12H16N2O5S/c1-19-9(12(17)18)6-14-10(15)2-4-13-11(16)8-3-5-20-7-8/h3,5,7,9H,2,4,6H2,1H3,(H,13,16)(H,14,15)(H,17,18). The molecule has 2 amide bonds. The Morgan fingerprint density at radius 3 is 2.70 bits per heavy atom. The molecule has 1 rings (SSSR count). The topological polar surface area (TPSA) is 105 Å². The molecule has 0 aliphatic carbocycles. The summed E-state index contributed by atoms with van der Waals surface area (Å²) in [6.07, 6.45) is -0.995. The van der Waals surface area contributed by atoms with Gasteiger partial charge in [0.15, 0.2) is 6.10 Å². The number of ether oxygens (including phenoxy) is 1. The van der Waals surface area contributed by atoms with E-state index < -0.39 is 12.1 Å². The van der Waals surface area contributed by atoms with Crippen LogP contribution in [0.25, 0.3) is 0 Å². The predicted octanol–water partition coefficient (Wildman–Crippen LogP) is 0.0838. The zero-order valence-corrected chi connectivity index (χ0v) is 11.7. The van der Waals surface area contributed by atoms with Crippen molar-refractivity contribution < 1.29 is 24.2 Å². The molecule has 1 atom stereocenters. The van der Waals surface area contributed by atoms with Crippen LogP contribution in [-0.4, -0.2) is 49.2 Å². The number of amides is 2. The highest BCUT2D eigenvalue weighted by molar-refractivity contribution is 7.08. The summed E-state index contributed by atoms with van der Waals surface area (Å²) in [5.74, 6) is -1.73. The van der Waals surface area contributed by atoms with E-state index in [-0.39, 0.29) is 31.3 Å². The van der Waals surface area contributed by atoms with Gasteiger partial charge in [-0.1, -0.05) is 0 Å². The summed E-state index contributed by atoms with van der Waals surface area (Å²) in [6, 6.07) is 1.69. The van der Waals surface area contributed by atoms with Gasteiger partial charge in [-0.3, -0.25) is 9.59 Å². The minimum Gasteiger partial charge on any atom is -0.479 e. The normalized spacial score (nSPS) is 11.7. The van der Waals surface area contributed by atoms with Gasteiger partial charge in [0.05, 0.1) is 6.54 Å². The van der Waals surface area contributed by atoms with Gasteiger partial charge in [-0.2, -0.15) is 11.3 Å². The number of hydrogen-bond acceptors (Lipinski definition) is 5. The minimum absolute atomic E-state index is 0.0753. The van der Waals surface area contributed by atoms with Crippen LogP contribution < -0.4 is 10.6 Å². The van der Waals surface area contributed by atoms with Gasteiger partial charge in [-0.25, -0.2) is 4.79 Å². The Labute approximate surface area is 119 Å². The van der Waals surface area contributed by atoms with Crippen molar-refractivity contribution in [1.82, 2.24) is 10.6 Å². The van der Waals surface area contributed by atoms with E-state index in [4.69, 9.17) is 5.11 Å². The molecule has 1 heterocycles. The number of aliphatic carboxylic acids is 1. The number of rotatable bonds is 8. The monoisotopic (exact) mass is 300 g/mol. The lowest BCUT2D eigenvalue weighted by atomic mass is 10.3. The Bertz CT molecular complexity index is 460.